The maximum atomic E-state index is 13.2. The number of aliphatic carboxylic acids is 1. The van der Waals surface area contributed by atoms with Crippen LogP contribution in [-0.2, 0) is 11.2 Å². The number of carbonyl (C=O) groups is 1. The number of carboxylic acids is 1. The highest BCUT2D eigenvalue weighted by Crippen LogP contribution is 2.43. The van der Waals surface area contributed by atoms with Crippen molar-refractivity contribution in [1.29, 1.82) is 0 Å². The minimum atomic E-state index is -1.10. The van der Waals surface area contributed by atoms with Crippen LogP contribution in [0.25, 0.3) is 10.9 Å². The predicted molar refractivity (Wildman–Crippen MR) is 141 cm³/mol. The van der Waals surface area contributed by atoms with Crippen molar-refractivity contribution < 1.29 is 19.4 Å². The van der Waals surface area contributed by atoms with Gasteiger partial charge in [0.2, 0.25) is 0 Å². The molecule has 0 aliphatic rings. The third-order valence-electron chi connectivity index (χ3n) is 4.76. The fourth-order valence-corrected chi connectivity index (χ4v) is 4.39. The molecule has 0 aliphatic heterocycles. The van der Waals surface area contributed by atoms with Crippen LogP contribution in [-0.4, -0.2) is 39.7 Å². The van der Waals surface area contributed by atoms with Crippen LogP contribution in [0, 0.1) is 0 Å². The Kier molecular flexibility index (Phi) is 8.89. The van der Waals surface area contributed by atoms with Gasteiger partial charge in [-0.15, -0.1) is 0 Å². The number of hydrogen-bond donors (Lipinski definition) is 1. The molecule has 2 aromatic carbocycles. The van der Waals surface area contributed by atoms with Gasteiger partial charge in [-0.3, -0.25) is 4.79 Å². The Labute approximate surface area is 221 Å². The second kappa shape index (κ2) is 11.5. The molecule has 1 heterocycles. The van der Waals surface area contributed by atoms with Crippen LogP contribution in [0.2, 0.25) is 0 Å². The van der Waals surface area contributed by atoms with Crippen molar-refractivity contribution in [2.45, 2.75) is 39.7 Å². The summed E-state index contributed by atoms with van der Waals surface area (Å²) in [5.41, 5.74) is 0.926. The standard InChI is InChI=1S/C23H22Br3N3O5/c1-4-6-18-28-16-8-7-14(24)10-15(16)22(30)29(18)27-11-13-9-17(33-5-2)21(20(26)19(13)25)34-12(3)23(31)32/h7-12H,4-6H2,1-3H3,(H,31,32)/t12-/m1/s1. The smallest absolute Gasteiger partial charge is 0.344 e. The lowest BCUT2D eigenvalue weighted by Gasteiger charge is -2.18. The summed E-state index contributed by atoms with van der Waals surface area (Å²) in [5, 5.41) is 14.1. The summed E-state index contributed by atoms with van der Waals surface area (Å²) in [7, 11) is 0. The van der Waals surface area contributed by atoms with E-state index in [4.69, 9.17) is 9.47 Å². The molecule has 3 rings (SSSR count). The monoisotopic (exact) mass is 657 g/mol. The number of halogens is 3. The summed E-state index contributed by atoms with van der Waals surface area (Å²) in [5.74, 6) is 0.0408. The number of fused-ring (bicyclic) bond motifs is 1. The molecule has 180 valence electrons. The van der Waals surface area contributed by atoms with Gasteiger partial charge < -0.3 is 14.6 Å². The number of benzene rings is 2. The van der Waals surface area contributed by atoms with E-state index < -0.39 is 12.1 Å². The molecule has 1 N–H and O–H groups in total. The average molecular weight is 660 g/mol. The van der Waals surface area contributed by atoms with Crippen LogP contribution in [0.4, 0.5) is 0 Å². The molecule has 0 bridgehead atoms. The van der Waals surface area contributed by atoms with Gasteiger partial charge in [0.05, 0.1) is 28.2 Å². The fraction of sp³-hybridized carbons (Fsp3) is 0.304. The lowest BCUT2D eigenvalue weighted by Crippen LogP contribution is -2.23. The number of carboxylic acid groups (broad SMARTS) is 1. The molecule has 11 heteroatoms. The zero-order valence-electron chi connectivity index (χ0n) is 18.6. The van der Waals surface area contributed by atoms with Crippen molar-refractivity contribution in [3.05, 3.63) is 59.4 Å². The van der Waals surface area contributed by atoms with E-state index in [0.29, 0.717) is 50.0 Å². The number of rotatable bonds is 9. The molecule has 0 aliphatic carbocycles. The van der Waals surface area contributed by atoms with Gasteiger partial charge in [-0.1, -0.05) is 22.9 Å². The van der Waals surface area contributed by atoms with Crippen LogP contribution in [0.1, 0.15) is 38.6 Å². The van der Waals surface area contributed by atoms with E-state index in [1.54, 1.807) is 18.2 Å². The highest BCUT2D eigenvalue weighted by atomic mass is 79.9. The molecule has 0 amide bonds. The van der Waals surface area contributed by atoms with Crippen molar-refractivity contribution >= 4 is 70.9 Å². The molecule has 0 saturated heterocycles. The van der Waals surface area contributed by atoms with Crippen molar-refractivity contribution in [2.24, 2.45) is 5.10 Å². The molecule has 8 nitrogen and oxygen atoms in total. The van der Waals surface area contributed by atoms with Crippen molar-refractivity contribution in [3.8, 4) is 11.5 Å². The van der Waals surface area contributed by atoms with E-state index in [-0.39, 0.29) is 11.3 Å². The highest BCUT2D eigenvalue weighted by molar-refractivity contribution is 9.13. The Hall–Kier alpha value is -2.24. The van der Waals surface area contributed by atoms with Gasteiger partial charge in [0.25, 0.3) is 5.56 Å². The molecular formula is C23H22Br3N3O5. The Bertz CT molecular complexity index is 1320. The van der Waals surface area contributed by atoms with Gasteiger partial charge in [0, 0.05) is 20.9 Å². The van der Waals surface area contributed by atoms with E-state index in [9.17, 15) is 14.7 Å². The summed E-state index contributed by atoms with van der Waals surface area (Å²) in [6.45, 7) is 5.58. The number of aryl methyl sites for hydroxylation is 1. The first-order chi connectivity index (χ1) is 16.2. The van der Waals surface area contributed by atoms with Crippen molar-refractivity contribution in [2.75, 3.05) is 6.61 Å². The minimum Gasteiger partial charge on any atom is -0.490 e. The Morgan fingerprint density at radius 1 is 1.24 bits per heavy atom. The fourth-order valence-electron chi connectivity index (χ4n) is 3.12. The summed E-state index contributed by atoms with van der Waals surface area (Å²) in [4.78, 5) is 29.1. The average Bonchev–Trinajstić information content (AvgIpc) is 2.79. The molecule has 0 saturated carbocycles. The molecule has 34 heavy (non-hydrogen) atoms. The van der Waals surface area contributed by atoms with Crippen LogP contribution >= 0.6 is 47.8 Å². The number of aromatic nitrogens is 2. The SMILES string of the molecule is CCCc1nc2ccc(Br)cc2c(=O)n1N=Cc1cc(OCC)c(O[C@H](C)C(=O)O)c(Br)c1Br. The Balaban J connectivity index is 2.13. The first kappa shape index (κ1) is 26.4. The largest absolute Gasteiger partial charge is 0.490 e. The van der Waals surface area contributed by atoms with Crippen LogP contribution in [0.3, 0.4) is 0 Å². The highest BCUT2D eigenvalue weighted by Gasteiger charge is 2.22. The van der Waals surface area contributed by atoms with Crippen LogP contribution < -0.4 is 15.0 Å². The van der Waals surface area contributed by atoms with Gasteiger partial charge in [-0.2, -0.15) is 9.78 Å². The summed E-state index contributed by atoms with van der Waals surface area (Å²) < 4.78 is 14.4. The van der Waals surface area contributed by atoms with Crippen molar-refractivity contribution in [3.63, 3.8) is 0 Å². The first-order valence-corrected chi connectivity index (χ1v) is 12.9. The summed E-state index contributed by atoms with van der Waals surface area (Å²) in [6, 6.07) is 7.03. The molecule has 0 radical (unpaired) electrons. The van der Waals surface area contributed by atoms with Gasteiger partial charge in [-0.25, -0.2) is 9.78 Å². The maximum absolute atomic E-state index is 13.2. The van der Waals surface area contributed by atoms with Crippen LogP contribution in [0.5, 0.6) is 11.5 Å². The van der Waals surface area contributed by atoms with Gasteiger partial charge in [0.1, 0.15) is 5.82 Å². The number of nitrogens with zero attached hydrogens (tertiary/aromatic N) is 3. The van der Waals surface area contributed by atoms with E-state index in [1.807, 2.05) is 19.9 Å². The topological polar surface area (TPSA) is 103 Å². The second-order valence-corrected chi connectivity index (χ2v) is 9.76. The quantitative estimate of drug-likeness (QED) is 0.293. The predicted octanol–water partition coefficient (Wildman–Crippen LogP) is 5.77. The first-order valence-electron chi connectivity index (χ1n) is 10.5. The molecular weight excluding hydrogens is 638 g/mol. The van der Waals surface area contributed by atoms with Gasteiger partial charge in [0.15, 0.2) is 17.6 Å². The minimum absolute atomic E-state index is 0.252. The number of ether oxygens (including phenoxy) is 2. The van der Waals surface area contributed by atoms with Gasteiger partial charge in [-0.05, 0) is 76.4 Å². The number of hydrogen-bond acceptors (Lipinski definition) is 6. The molecule has 1 aromatic heterocycles. The Morgan fingerprint density at radius 2 is 1.97 bits per heavy atom. The third-order valence-corrected chi connectivity index (χ3v) is 7.40. The lowest BCUT2D eigenvalue weighted by atomic mass is 10.2. The zero-order chi connectivity index (χ0) is 25.0. The molecule has 0 unspecified atom stereocenters. The van der Waals surface area contributed by atoms with E-state index in [1.165, 1.54) is 17.8 Å². The van der Waals surface area contributed by atoms with E-state index in [2.05, 4.69) is 57.9 Å². The van der Waals surface area contributed by atoms with E-state index >= 15 is 0 Å². The van der Waals surface area contributed by atoms with Crippen molar-refractivity contribution in [1.82, 2.24) is 9.66 Å². The summed E-state index contributed by atoms with van der Waals surface area (Å²) >= 11 is 10.4. The molecule has 3 aromatic rings. The zero-order valence-corrected chi connectivity index (χ0v) is 23.4. The van der Waals surface area contributed by atoms with Gasteiger partial charge >= 0.3 is 5.97 Å². The summed E-state index contributed by atoms with van der Waals surface area (Å²) in [6.07, 6.45) is 1.81. The second-order valence-electron chi connectivity index (χ2n) is 7.25. The normalized spacial score (nSPS) is 12.3. The van der Waals surface area contributed by atoms with Crippen LogP contribution in [0.15, 0.2) is 47.6 Å². The Morgan fingerprint density at radius 3 is 2.62 bits per heavy atom. The molecule has 0 fully saturated rings. The molecule has 0 spiro atoms. The molecule has 1 atom stereocenters. The maximum Gasteiger partial charge on any atom is 0.344 e. The van der Waals surface area contributed by atoms with E-state index in [0.717, 1.165) is 10.9 Å². The lowest BCUT2D eigenvalue weighted by molar-refractivity contribution is -0.144. The third kappa shape index (κ3) is 5.69.